The number of halogens is 1. The molecule has 0 aromatic heterocycles. The minimum absolute atomic E-state index is 0. The van der Waals surface area contributed by atoms with Crippen molar-refractivity contribution in [1.29, 1.82) is 0 Å². The fourth-order valence-corrected chi connectivity index (χ4v) is 3.99. The minimum atomic E-state index is -0.0658. The third kappa shape index (κ3) is 6.00. The Bertz CT molecular complexity index is 512. The summed E-state index contributed by atoms with van der Waals surface area (Å²) in [6.07, 6.45) is 3.98. The average molecular weight is 367 g/mol. The van der Waals surface area contributed by atoms with Gasteiger partial charge in [-0.05, 0) is 49.8 Å². The van der Waals surface area contributed by atoms with Gasteiger partial charge in [-0.2, -0.15) is 0 Å². The SMILES string of the molecule is CCC(NC(=O)CC(C)C1CCNCC1)C(C)(C)c1ccccc1.Cl. The van der Waals surface area contributed by atoms with Gasteiger partial charge >= 0.3 is 0 Å². The predicted molar refractivity (Wildman–Crippen MR) is 108 cm³/mol. The maximum atomic E-state index is 12.6. The molecule has 1 aromatic carbocycles. The Morgan fingerprint density at radius 3 is 2.40 bits per heavy atom. The highest BCUT2D eigenvalue weighted by atomic mass is 35.5. The van der Waals surface area contributed by atoms with Crippen LogP contribution in [-0.4, -0.2) is 25.0 Å². The lowest BCUT2D eigenvalue weighted by molar-refractivity contribution is -0.123. The van der Waals surface area contributed by atoms with Crippen molar-refractivity contribution >= 4 is 18.3 Å². The molecule has 1 aliphatic rings. The molecule has 1 fully saturated rings. The van der Waals surface area contributed by atoms with Crippen LogP contribution in [0.1, 0.15) is 58.9 Å². The van der Waals surface area contributed by atoms with Crippen molar-refractivity contribution < 1.29 is 4.79 Å². The van der Waals surface area contributed by atoms with Gasteiger partial charge in [0.15, 0.2) is 0 Å². The molecule has 0 bridgehead atoms. The Labute approximate surface area is 159 Å². The second-order valence-corrected chi connectivity index (χ2v) is 7.88. The summed E-state index contributed by atoms with van der Waals surface area (Å²) in [6, 6.07) is 10.7. The first-order valence-electron chi connectivity index (χ1n) is 9.50. The van der Waals surface area contributed by atoms with E-state index >= 15 is 0 Å². The van der Waals surface area contributed by atoms with Crippen molar-refractivity contribution in [3.8, 4) is 0 Å². The summed E-state index contributed by atoms with van der Waals surface area (Å²) in [6.45, 7) is 11.0. The maximum absolute atomic E-state index is 12.6. The summed E-state index contributed by atoms with van der Waals surface area (Å²) >= 11 is 0. The third-order valence-corrected chi connectivity index (χ3v) is 5.83. The van der Waals surface area contributed by atoms with Gasteiger partial charge in [0, 0.05) is 17.9 Å². The zero-order chi connectivity index (χ0) is 17.6. The number of benzene rings is 1. The zero-order valence-corrected chi connectivity index (χ0v) is 17.0. The second-order valence-electron chi connectivity index (χ2n) is 7.88. The van der Waals surface area contributed by atoms with Crippen LogP contribution in [-0.2, 0) is 10.2 Å². The molecular formula is C21H35ClN2O. The molecule has 25 heavy (non-hydrogen) atoms. The molecule has 1 heterocycles. The molecule has 2 atom stereocenters. The molecule has 0 spiro atoms. The van der Waals surface area contributed by atoms with E-state index < -0.39 is 0 Å². The number of amides is 1. The average Bonchev–Trinajstić information content (AvgIpc) is 2.61. The highest BCUT2D eigenvalue weighted by molar-refractivity contribution is 5.85. The summed E-state index contributed by atoms with van der Waals surface area (Å²) in [5.41, 5.74) is 1.22. The first-order chi connectivity index (χ1) is 11.4. The summed E-state index contributed by atoms with van der Waals surface area (Å²) < 4.78 is 0. The van der Waals surface area contributed by atoms with Gasteiger partial charge in [-0.1, -0.05) is 58.0 Å². The topological polar surface area (TPSA) is 41.1 Å². The van der Waals surface area contributed by atoms with Crippen LogP contribution < -0.4 is 10.6 Å². The monoisotopic (exact) mass is 366 g/mol. The van der Waals surface area contributed by atoms with E-state index in [0.29, 0.717) is 18.3 Å². The number of rotatable bonds is 7. The van der Waals surface area contributed by atoms with Gasteiger partial charge in [-0.15, -0.1) is 12.4 Å². The number of hydrogen-bond acceptors (Lipinski definition) is 2. The fraction of sp³-hybridized carbons (Fsp3) is 0.667. The Kier molecular flexibility index (Phi) is 8.95. The Balaban J connectivity index is 0.00000312. The fourth-order valence-electron chi connectivity index (χ4n) is 3.99. The van der Waals surface area contributed by atoms with Gasteiger partial charge in [0.1, 0.15) is 0 Å². The first kappa shape index (κ1) is 22.0. The molecule has 0 radical (unpaired) electrons. The molecule has 0 aliphatic carbocycles. The molecule has 1 amide bonds. The van der Waals surface area contributed by atoms with E-state index in [1.807, 2.05) is 6.07 Å². The van der Waals surface area contributed by atoms with Gasteiger partial charge in [-0.3, -0.25) is 4.79 Å². The smallest absolute Gasteiger partial charge is 0.220 e. The van der Waals surface area contributed by atoms with Crippen LogP contribution >= 0.6 is 12.4 Å². The van der Waals surface area contributed by atoms with E-state index in [0.717, 1.165) is 19.5 Å². The lowest BCUT2D eigenvalue weighted by Gasteiger charge is -2.36. The molecule has 4 heteroatoms. The number of nitrogens with one attached hydrogen (secondary N) is 2. The highest BCUT2D eigenvalue weighted by Crippen LogP contribution is 2.29. The van der Waals surface area contributed by atoms with Crippen molar-refractivity contribution in [3.63, 3.8) is 0 Å². The van der Waals surface area contributed by atoms with Crippen LogP contribution in [0.15, 0.2) is 30.3 Å². The molecule has 1 aromatic rings. The van der Waals surface area contributed by atoms with Crippen molar-refractivity contribution in [2.75, 3.05) is 13.1 Å². The lowest BCUT2D eigenvalue weighted by atomic mass is 9.76. The molecule has 2 rings (SSSR count). The molecule has 2 N–H and O–H groups in total. The summed E-state index contributed by atoms with van der Waals surface area (Å²) in [7, 11) is 0. The van der Waals surface area contributed by atoms with Crippen LogP contribution in [0.2, 0.25) is 0 Å². The molecule has 0 saturated carbocycles. The lowest BCUT2D eigenvalue weighted by Crippen LogP contribution is -2.47. The van der Waals surface area contributed by atoms with E-state index in [1.165, 1.54) is 18.4 Å². The maximum Gasteiger partial charge on any atom is 0.220 e. The van der Waals surface area contributed by atoms with Crippen LogP contribution in [0, 0.1) is 11.8 Å². The van der Waals surface area contributed by atoms with Gasteiger partial charge in [0.2, 0.25) is 5.91 Å². The van der Waals surface area contributed by atoms with E-state index in [-0.39, 0.29) is 29.8 Å². The number of carbonyl (C=O) groups excluding carboxylic acids is 1. The predicted octanol–water partition coefficient (Wildman–Crippen LogP) is 4.31. The van der Waals surface area contributed by atoms with Gasteiger partial charge in [-0.25, -0.2) is 0 Å². The Morgan fingerprint density at radius 2 is 1.84 bits per heavy atom. The van der Waals surface area contributed by atoms with Crippen LogP contribution in [0.3, 0.4) is 0 Å². The molecule has 142 valence electrons. The van der Waals surface area contributed by atoms with Crippen LogP contribution in [0.5, 0.6) is 0 Å². The Morgan fingerprint density at radius 1 is 1.24 bits per heavy atom. The third-order valence-electron chi connectivity index (χ3n) is 5.83. The van der Waals surface area contributed by atoms with Crippen molar-refractivity contribution in [1.82, 2.24) is 10.6 Å². The molecule has 1 aliphatic heterocycles. The number of carbonyl (C=O) groups is 1. The summed E-state index contributed by atoms with van der Waals surface area (Å²) in [4.78, 5) is 12.6. The van der Waals surface area contributed by atoms with Crippen LogP contribution in [0.4, 0.5) is 0 Å². The first-order valence-corrected chi connectivity index (χ1v) is 9.50. The molecular weight excluding hydrogens is 332 g/mol. The van der Waals surface area contributed by atoms with Gasteiger partial charge < -0.3 is 10.6 Å². The van der Waals surface area contributed by atoms with Gasteiger partial charge in [0.05, 0.1) is 0 Å². The summed E-state index contributed by atoms with van der Waals surface area (Å²) in [5, 5.41) is 6.72. The van der Waals surface area contributed by atoms with Crippen LogP contribution in [0.25, 0.3) is 0 Å². The largest absolute Gasteiger partial charge is 0.353 e. The summed E-state index contributed by atoms with van der Waals surface area (Å²) in [5.74, 6) is 1.35. The normalized spacial score (nSPS) is 18.1. The van der Waals surface area contributed by atoms with Crippen molar-refractivity contribution in [2.45, 2.75) is 64.8 Å². The van der Waals surface area contributed by atoms with E-state index in [1.54, 1.807) is 0 Å². The number of hydrogen-bond donors (Lipinski definition) is 2. The van der Waals surface area contributed by atoms with Crippen molar-refractivity contribution in [3.05, 3.63) is 35.9 Å². The van der Waals surface area contributed by atoms with Crippen molar-refractivity contribution in [2.24, 2.45) is 11.8 Å². The standard InChI is InChI=1S/C21H34N2O.ClH/c1-5-19(21(3,4)18-9-7-6-8-10-18)23-20(24)15-16(2)17-11-13-22-14-12-17;/h6-10,16-17,19,22H,5,11-15H2,1-4H3,(H,23,24);1H. The quantitative estimate of drug-likeness (QED) is 0.755. The van der Waals surface area contributed by atoms with E-state index in [9.17, 15) is 4.79 Å². The highest BCUT2D eigenvalue weighted by Gasteiger charge is 2.32. The molecule has 2 unspecified atom stereocenters. The van der Waals surface area contributed by atoms with Gasteiger partial charge in [0.25, 0.3) is 0 Å². The second kappa shape index (κ2) is 10.2. The molecule has 3 nitrogen and oxygen atoms in total. The Hall–Kier alpha value is -1.06. The van der Waals surface area contributed by atoms with E-state index in [4.69, 9.17) is 0 Å². The van der Waals surface area contributed by atoms with E-state index in [2.05, 4.69) is 62.6 Å². The minimum Gasteiger partial charge on any atom is -0.353 e. The zero-order valence-electron chi connectivity index (χ0n) is 16.2. The number of piperidine rings is 1. The molecule has 1 saturated heterocycles.